The van der Waals surface area contributed by atoms with Gasteiger partial charge in [0.2, 0.25) is 0 Å². The maximum absolute atomic E-state index is 12.4. The molecule has 1 fully saturated rings. The van der Waals surface area contributed by atoms with Gasteiger partial charge >= 0.3 is 0 Å². The minimum atomic E-state index is -3.35. The molecule has 0 aromatic carbocycles. The molecule has 1 aromatic rings. The maximum Gasteiger partial charge on any atom is 0.252 e. The van der Waals surface area contributed by atoms with E-state index in [9.17, 15) is 8.42 Å². The zero-order valence-corrected chi connectivity index (χ0v) is 13.4. The van der Waals surface area contributed by atoms with Crippen molar-refractivity contribution in [3.05, 3.63) is 15.9 Å². The van der Waals surface area contributed by atoms with E-state index >= 15 is 0 Å². The molecule has 2 rings (SSSR count). The average molecular weight is 354 g/mol. The number of ether oxygens (including phenoxy) is 1. The number of hydrogen-bond acceptors (Lipinski definition) is 4. The Morgan fingerprint density at radius 1 is 1.56 bits per heavy atom. The van der Waals surface area contributed by atoms with Crippen LogP contribution < -0.4 is 0 Å². The van der Waals surface area contributed by atoms with E-state index in [1.807, 2.05) is 6.92 Å². The number of rotatable bonds is 4. The molecule has 1 aliphatic heterocycles. The maximum atomic E-state index is 12.4. The first-order valence-corrected chi connectivity index (χ1v) is 8.96. The number of sulfonamides is 1. The summed E-state index contributed by atoms with van der Waals surface area (Å²) >= 11 is 4.55. The first-order chi connectivity index (χ1) is 8.54. The normalized spacial score (nSPS) is 22.2. The predicted molar refractivity (Wildman–Crippen MR) is 75.4 cm³/mol. The largest absolute Gasteiger partial charge is 0.377 e. The van der Waals surface area contributed by atoms with Gasteiger partial charge < -0.3 is 4.74 Å². The Balaban J connectivity index is 2.15. The summed E-state index contributed by atoms with van der Waals surface area (Å²) in [4.78, 5) is 0. The molecule has 1 unspecified atom stereocenters. The molecule has 0 bridgehead atoms. The van der Waals surface area contributed by atoms with E-state index in [1.54, 1.807) is 12.1 Å². The topological polar surface area (TPSA) is 46.6 Å². The van der Waals surface area contributed by atoms with Crippen LogP contribution in [-0.2, 0) is 14.8 Å². The Morgan fingerprint density at radius 2 is 2.33 bits per heavy atom. The second kappa shape index (κ2) is 6.00. The van der Waals surface area contributed by atoms with Crippen molar-refractivity contribution in [2.24, 2.45) is 0 Å². The molecule has 0 amide bonds. The van der Waals surface area contributed by atoms with Gasteiger partial charge in [-0.2, -0.15) is 4.31 Å². The number of piperidine rings is 1. The average Bonchev–Trinajstić information content (AvgIpc) is 2.77. The highest BCUT2D eigenvalue weighted by Crippen LogP contribution is 2.30. The molecule has 1 saturated heterocycles. The molecule has 102 valence electrons. The Hall–Kier alpha value is 0.0500. The minimum Gasteiger partial charge on any atom is -0.377 e. The third-order valence-electron chi connectivity index (χ3n) is 2.89. The summed E-state index contributed by atoms with van der Waals surface area (Å²) in [6.07, 6.45) is 1.83. The Kier molecular flexibility index (Phi) is 4.82. The second-order valence-corrected chi connectivity index (χ2v) is 8.77. The van der Waals surface area contributed by atoms with E-state index in [1.165, 1.54) is 15.6 Å². The van der Waals surface area contributed by atoms with Crippen LogP contribution in [0.25, 0.3) is 0 Å². The highest BCUT2D eigenvalue weighted by atomic mass is 79.9. The van der Waals surface area contributed by atoms with Crippen LogP contribution in [0.5, 0.6) is 0 Å². The zero-order chi connectivity index (χ0) is 13.2. The van der Waals surface area contributed by atoms with Gasteiger partial charge in [-0.3, -0.25) is 0 Å². The molecule has 0 spiro atoms. The van der Waals surface area contributed by atoms with E-state index in [4.69, 9.17) is 4.74 Å². The first-order valence-electron chi connectivity index (χ1n) is 5.91. The fourth-order valence-electron chi connectivity index (χ4n) is 2.06. The van der Waals surface area contributed by atoms with Crippen molar-refractivity contribution in [3.8, 4) is 0 Å². The van der Waals surface area contributed by atoms with Crippen molar-refractivity contribution < 1.29 is 13.2 Å². The summed E-state index contributed by atoms with van der Waals surface area (Å²) in [7, 11) is -3.35. The monoisotopic (exact) mass is 353 g/mol. The lowest BCUT2D eigenvalue weighted by molar-refractivity contribution is 0.0265. The van der Waals surface area contributed by atoms with Gasteiger partial charge in [-0.25, -0.2) is 8.42 Å². The molecule has 4 nitrogen and oxygen atoms in total. The van der Waals surface area contributed by atoms with Gasteiger partial charge in [-0.1, -0.05) is 0 Å². The van der Waals surface area contributed by atoms with Crippen LogP contribution in [0.15, 0.2) is 20.1 Å². The minimum absolute atomic E-state index is 0.0296. The molecule has 1 aromatic heterocycles. The number of halogens is 1. The third kappa shape index (κ3) is 3.14. The Bertz CT molecular complexity index is 498. The molecule has 0 aliphatic carbocycles. The van der Waals surface area contributed by atoms with E-state index < -0.39 is 10.0 Å². The summed E-state index contributed by atoms with van der Waals surface area (Å²) in [5.74, 6) is 0. The van der Waals surface area contributed by atoms with Gasteiger partial charge in [-0.15, -0.1) is 11.3 Å². The van der Waals surface area contributed by atoms with Crippen molar-refractivity contribution in [2.45, 2.75) is 30.1 Å². The van der Waals surface area contributed by atoms with Crippen molar-refractivity contribution in [3.63, 3.8) is 0 Å². The smallest absolute Gasteiger partial charge is 0.252 e. The van der Waals surface area contributed by atoms with Crippen LogP contribution >= 0.6 is 27.3 Å². The summed E-state index contributed by atoms with van der Waals surface area (Å²) in [6.45, 7) is 3.61. The molecule has 0 N–H and O–H groups in total. The highest BCUT2D eigenvalue weighted by molar-refractivity contribution is 9.11. The SMILES string of the molecule is CCOC1CCCN(S(=O)(=O)c2ccc(Br)s2)C1. The van der Waals surface area contributed by atoms with E-state index in [0.29, 0.717) is 23.9 Å². The quantitative estimate of drug-likeness (QED) is 0.835. The fourth-order valence-corrected chi connectivity index (χ4v) is 5.73. The van der Waals surface area contributed by atoms with Crippen LogP contribution in [0.2, 0.25) is 0 Å². The van der Waals surface area contributed by atoms with Gasteiger partial charge in [-0.05, 0) is 47.8 Å². The van der Waals surface area contributed by atoms with Crippen molar-refractivity contribution in [2.75, 3.05) is 19.7 Å². The molecule has 0 saturated carbocycles. The molecule has 7 heteroatoms. The van der Waals surface area contributed by atoms with Crippen molar-refractivity contribution in [1.29, 1.82) is 0 Å². The van der Waals surface area contributed by atoms with Gasteiger partial charge in [0.15, 0.2) is 0 Å². The lowest BCUT2D eigenvalue weighted by Gasteiger charge is -2.31. The van der Waals surface area contributed by atoms with Gasteiger partial charge in [0.25, 0.3) is 10.0 Å². The summed E-state index contributed by atoms with van der Waals surface area (Å²) in [6, 6.07) is 3.41. The standard InChI is InChI=1S/C11H16BrNO3S2/c1-2-16-9-4-3-7-13(8-9)18(14,15)11-6-5-10(12)17-11/h5-6,9H,2-4,7-8H2,1H3. The van der Waals surface area contributed by atoms with Crippen molar-refractivity contribution >= 4 is 37.3 Å². The number of nitrogens with zero attached hydrogens (tertiary/aromatic N) is 1. The zero-order valence-electron chi connectivity index (χ0n) is 10.1. The Morgan fingerprint density at radius 3 is 2.94 bits per heavy atom. The molecule has 18 heavy (non-hydrogen) atoms. The number of thiophene rings is 1. The molecular formula is C11H16BrNO3S2. The summed E-state index contributed by atoms with van der Waals surface area (Å²) < 4.78 is 33.1. The summed E-state index contributed by atoms with van der Waals surface area (Å²) in [5, 5.41) is 0. The molecule has 0 radical (unpaired) electrons. The van der Waals surface area contributed by atoms with Crippen LogP contribution in [0.1, 0.15) is 19.8 Å². The van der Waals surface area contributed by atoms with Gasteiger partial charge in [0.05, 0.1) is 9.89 Å². The molecule has 1 atom stereocenters. The summed E-state index contributed by atoms with van der Waals surface area (Å²) in [5.41, 5.74) is 0. The lowest BCUT2D eigenvalue weighted by Crippen LogP contribution is -2.42. The van der Waals surface area contributed by atoms with E-state index in [0.717, 1.165) is 16.6 Å². The van der Waals surface area contributed by atoms with Gasteiger partial charge in [0, 0.05) is 19.7 Å². The Labute approximate surface area is 120 Å². The lowest BCUT2D eigenvalue weighted by atomic mass is 10.1. The second-order valence-electron chi connectivity index (χ2n) is 4.14. The highest BCUT2D eigenvalue weighted by Gasteiger charge is 2.31. The van der Waals surface area contributed by atoms with Crippen LogP contribution in [-0.4, -0.2) is 38.5 Å². The van der Waals surface area contributed by atoms with Crippen LogP contribution in [0.4, 0.5) is 0 Å². The van der Waals surface area contributed by atoms with Gasteiger partial charge in [0.1, 0.15) is 4.21 Å². The molecule has 1 aliphatic rings. The van der Waals surface area contributed by atoms with Crippen LogP contribution in [0, 0.1) is 0 Å². The molecular weight excluding hydrogens is 338 g/mol. The van der Waals surface area contributed by atoms with Crippen molar-refractivity contribution in [1.82, 2.24) is 4.31 Å². The predicted octanol–water partition coefficient (Wildman–Crippen LogP) is 2.70. The first kappa shape index (κ1) is 14.5. The van der Waals surface area contributed by atoms with Crippen LogP contribution in [0.3, 0.4) is 0 Å². The third-order valence-corrected chi connectivity index (χ3v) is 6.84. The number of hydrogen-bond donors (Lipinski definition) is 0. The molecule has 2 heterocycles. The fraction of sp³-hybridized carbons (Fsp3) is 0.636. The van der Waals surface area contributed by atoms with E-state index in [-0.39, 0.29) is 6.10 Å². The van der Waals surface area contributed by atoms with E-state index in [2.05, 4.69) is 15.9 Å².